The molecule has 0 fully saturated rings. The van der Waals surface area contributed by atoms with Crippen LogP contribution in [0.2, 0.25) is 0 Å². The van der Waals surface area contributed by atoms with Crippen molar-refractivity contribution in [1.29, 1.82) is 0 Å². The van der Waals surface area contributed by atoms with E-state index in [0.29, 0.717) is 0 Å². The molecule has 0 saturated heterocycles. The van der Waals surface area contributed by atoms with Crippen molar-refractivity contribution in [3.05, 3.63) is 203 Å². The Kier molecular flexibility index (Phi) is 6.61. The summed E-state index contributed by atoms with van der Waals surface area (Å²) in [6.45, 7) is 14.4. The molecule has 0 heterocycles. The third kappa shape index (κ3) is 4.41. The predicted octanol–water partition coefficient (Wildman–Crippen LogP) is 17.1. The van der Waals surface area contributed by atoms with Crippen molar-refractivity contribution in [2.24, 2.45) is 0 Å². The Labute approximate surface area is 368 Å². The summed E-state index contributed by atoms with van der Waals surface area (Å²) in [5.41, 5.74) is 21.7. The maximum atomic E-state index is 2.52. The van der Waals surface area contributed by atoms with Gasteiger partial charge in [0.15, 0.2) is 0 Å². The SMILES string of the molecule is CC1(C)c2ccc(-c3ccc4c(c3)C(C)(C)c3cc5ccc6c(-c7ccc8c(c7)-c7c(ccc9ccccc79)C8(C)C)ccc7ccc(c3-4)c5c76)cc2-c2c1ccc1ccccc21. The number of rotatable bonds is 2. The first-order chi connectivity index (χ1) is 30.5. The Morgan fingerprint density at radius 2 is 0.714 bits per heavy atom. The van der Waals surface area contributed by atoms with Gasteiger partial charge in [-0.3, -0.25) is 0 Å². The van der Waals surface area contributed by atoms with Crippen LogP contribution in [0.5, 0.6) is 0 Å². The molecular formula is C63H46. The fourth-order valence-electron chi connectivity index (χ4n) is 12.9. The highest BCUT2D eigenvalue weighted by atomic mass is 14.4. The minimum absolute atomic E-state index is 0.0453. The molecule has 14 rings (SSSR count). The maximum Gasteiger partial charge on any atom is 0.0159 e. The fourth-order valence-corrected chi connectivity index (χ4v) is 12.9. The number of hydrogen-bond acceptors (Lipinski definition) is 0. The molecule has 0 aromatic heterocycles. The van der Waals surface area contributed by atoms with Gasteiger partial charge in [0, 0.05) is 16.2 Å². The summed E-state index contributed by atoms with van der Waals surface area (Å²) in [6, 6.07) is 65.7. The van der Waals surface area contributed by atoms with E-state index in [0.717, 1.165) is 0 Å². The molecule has 11 aromatic carbocycles. The van der Waals surface area contributed by atoms with Crippen molar-refractivity contribution in [3.63, 3.8) is 0 Å². The van der Waals surface area contributed by atoms with Gasteiger partial charge in [-0.2, -0.15) is 0 Å². The summed E-state index contributed by atoms with van der Waals surface area (Å²) in [4.78, 5) is 0. The van der Waals surface area contributed by atoms with Gasteiger partial charge in [-0.15, -0.1) is 0 Å². The second-order valence-corrected chi connectivity index (χ2v) is 20.4. The van der Waals surface area contributed by atoms with Gasteiger partial charge in [-0.05, 0) is 167 Å². The minimum Gasteiger partial charge on any atom is -0.0616 e. The van der Waals surface area contributed by atoms with Crippen LogP contribution in [-0.2, 0) is 16.2 Å². The van der Waals surface area contributed by atoms with E-state index in [2.05, 4.69) is 211 Å². The zero-order valence-electron chi connectivity index (χ0n) is 36.7. The lowest BCUT2D eigenvalue weighted by atomic mass is 9.79. The average Bonchev–Trinajstić information content (AvgIpc) is 3.79. The summed E-state index contributed by atoms with van der Waals surface area (Å²) in [5.74, 6) is 0. The Morgan fingerprint density at radius 3 is 1.40 bits per heavy atom. The summed E-state index contributed by atoms with van der Waals surface area (Å²) in [5, 5.41) is 13.3. The molecule has 298 valence electrons. The molecule has 0 unspecified atom stereocenters. The van der Waals surface area contributed by atoms with Crippen LogP contribution >= 0.6 is 0 Å². The zero-order valence-corrected chi connectivity index (χ0v) is 36.7. The molecule has 0 radical (unpaired) electrons. The van der Waals surface area contributed by atoms with E-state index in [1.165, 1.54) is 143 Å². The molecule has 0 aliphatic heterocycles. The van der Waals surface area contributed by atoms with Crippen molar-refractivity contribution >= 4 is 53.9 Å². The second kappa shape index (κ2) is 11.7. The van der Waals surface area contributed by atoms with Crippen LogP contribution in [0.15, 0.2) is 170 Å². The van der Waals surface area contributed by atoms with Crippen molar-refractivity contribution in [1.82, 2.24) is 0 Å². The van der Waals surface area contributed by atoms with Gasteiger partial charge in [0.2, 0.25) is 0 Å². The monoisotopic (exact) mass is 802 g/mol. The van der Waals surface area contributed by atoms with Crippen LogP contribution in [0.3, 0.4) is 0 Å². The second-order valence-electron chi connectivity index (χ2n) is 20.4. The number of benzene rings is 11. The van der Waals surface area contributed by atoms with Gasteiger partial charge in [0.1, 0.15) is 0 Å². The highest BCUT2D eigenvalue weighted by Crippen LogP contribution is 2.57. The van der Waals surface area contributed by atoms with Gasteiger partial charge in [-0.1, -0.05) is 187 Å². The average molecular weight is 803 g/mol. The quantitative estimate of drug-likeness (QED) is 0.153. The summed E-state index contributed by atoms with van der Waals surface area (Å²) < 4.78 is 0. The van der Waals surface area contributed by atoms with Crippen LogP contribution in [0.25, 0.3) is 109 Å². The third-order valence-electron chi connectivity index (χ3n) is 16.2. The summed E-state index contributed by atoms with van der Waals surface area (Å²) >= 11 is 0. The first kappa shape index (κ1) is 35.6. The Hall–Kier alpha value is -7.02. The van der Waals surface area contributed by atoms with Crippen molar-refractivity contribution < 1.29 is 0 Å². The molecule has 0 amide bonds. The van der Waals surface area contributed by atoms with Gasteiger partial charge in [-0.25, -0.2) is 0 Å². The van der Waals surface area contributed by atoms with E-state index in [1.807, 2.05) is 0 Å². The highest BCUT2D eigenvalue weighted by molar-refractivity contribution is 6.28. The van der Waals surface area contributed by atoms with E-state index in [-0.39, 0.29) is 16.2 Å². The van der Waals surface area contributed by atoms with Crippen LogP contribution in [0.1, 0.15) is 74.9 Å². The molecule has 3 aliphatic carbocycles. The van der Waals surface area contributed by atoms with Crippen LogP contribution in [0.4, 0.5) is 0 Å². The minimum atomic E-state index is -0.156. The number of fused-ring (bicyclic) bond motifs is 14. The van der Waals surface area contributed by atoms with Crippen molar-refractivity contribution in [3.8, 4) is 55.6 Å². The largest absolute Gasteiger partial charge is 0.0616 e. The smallest absolute Gasteiger partial charge is 0.0159 e. The molecule has 0 heteroatoms. The predicted molar refractivity (Wildman–Crippen MR) is 269 cm³/mol. The molecule has 0 saturated carbocycles. The molecule has 0 spiro atoms. The molecular weight excluding hydrogens is 757 g/mol. The zero-order chi connectivity index (χ0) is 42.3. The molecule has 63 heavy (non-hydrogen) atoms. The molecule has 11 aromatic rings. The van der Waals surface area contributed by atoms with Crippen LogP contribution < -0.4 is 0 Å². The fraction of sp³-hybridized carbons (Fsp3) is 0.143. The molecule has 0 bridgehead atoms. The van der Waals surface area contributed by atoms with Gasteiger partial charge in [0.05, 0.1) is 0 Å². The molecule has 3 aliphatic rings. The standard InChI is InChI=1S/C63H46/c1-61(2)50-27-21-38(31-48(50)58-43-13-9-7-11-35(43)19-29-52(58)61)39-17-25-46-54(33-39)63(5,6)55-34-41-18-24-45-42(23-15-37-16-26-47(60(46)55)57(41)56(37)45)40-22-28-51-49(32-40)59-44-14-10-8-12-36(44)20-30-53(59)62(51,3)4/h7-34H,1-6H3. The molecule has 0 nitrogen and oxygen atoms in total. The van der Waals surface area contributed by atoms with Gasteiger partial charge in [0.25, 0.3) is 0 Å². The van der Waals surface area contributed by atoms with E-state index >= 15 is 0 Å². The highest BCUT2D eigenvalue weighted by Gasteiger charge is 2.40. The Bertz CT molecular complexity index is 3870. The van der Waals surface area contributed by atoms with Gasteiger partial charge >= 0.3 is 0 Å². The van der Waals surface area contributed by atoms with E-state index < -0.39 is 0 Å². The molecule has 0 N–H and O–H groups in total. The van der Waals surface area contributed by atoms with Crippen molar-refractivity contribution in [2.45, 2.75) is 57.8 Å². The number of hydrogen-bond donors (Lipinski definition) is 0. The lowest BCUT2D eigenvalue weighted by Gasteiger charge is -2.23. The normalized spacial score (nSPS) is 15.8. The lowest BCUT2D eigenvalue weighted by Crippen LogP contribution is -2.15. The van der Waals surface area contributed by atoms with Gasteiger partial charge < -0.3 is 0 Å². The topological polar surface area (TPSA) is 0 Å². The van der Waals surface area contributed by atoms with E-state index in [9.17, 15) is 0 Å². The van der Waals surface area contributed by atoms with Crippen LogP contribution in [0, 0.1) is 0 Å². The summed E-state index contributed by atoms with van der Waals surface area (Å²) in [6.07, 6.45) is 0. The Balaban J connectivity index is 0.926. The first-order valence-electron chi connectivity index (χ1n) is 22.7. The van der Waals surface area contributed by atoms with E-state index in [4.69, 9.17) is 0 Å². The summed E-state index contributed by atoms with van der Waals surface area (Å²) in [7, 11) is 0. The maximum absolute atomic E-state index is 2.52. The van der Waals surface area contributed by atoms with Crippen LogP contribution in [-0.4, -0.2) is 0 Å². The first-order valence-corrected chi connectivity index (χ1v) is 22.7. The lowest BCUT2D eigenvalue weighted by molar-refractivity contribution is 0.660. The van der Waals surface area contributed by atoms with Crippen molar-refractivity contribution in [2.75, 3.05) is 0 Å². The van der Waals surface area contributed by atoms with E-state index in [1.54, 1.807) is 0 Å². The Morgan fingerprint density at radius 1 is 0.254 bits per heavy atom. The third-order valence-corrected chi connectivity index (χ3v) is 16.2. The molecule has 0 atom stereocenters.